The molecule has 0 aromatic heterocycles. The molecule has 1 aromatic rings. The van der Waals surface area contributed by atoms with Crippen LogP contribution in [0.1, 0.15) is 31.7 Å². The number of ether oxygens (including phenoxy) is 1. The summed E-state index contributed by atoms with van der Waals surface area (Å²) >= 11 is 0. The SMILES string of the molecule is CCOc1ccc(N2C(=O)CCCC2=O)cc1CO. The molecule has 1 N–H and O–H groups in total. The summed E-state index contributed by atoms with van der Waals surface area (Å²) in [5.74, 6) is 0.194. The Labute approximate surface area is 111 Å². The third-order valence-corrected chi connectivity index (χ3v) is 3.05. The standard InChI is InChI=1S/C14H17NO4/c1-2-19-12-7-6-11(8-10(12)9-16)15-13(17)4-3-5-14(15)18/h6-8,16H,2-5,9H2,1H3. The minimum Gasteiger partial charge on any atom is -0.494 e. The van der Waals surface area contributed by atoms with Gasteiger partial charge in [-0.2, -0.15) is 0 Å². The maximum absolute atomic E-state index is 11.8. The fraction of sp³-hybridized carbons (Fsp3) is 0.429. The first kappa shape index (κ1) is 13.5. The van der Waals surface area contributed by atoms with E-state index in [0.717, 1.165) is 0 Å². The number of anilines is 1. The summed E-state index contributed by atoms with van der Waals surface area (Å²) in [5.41, 5.74) is 1.08. The number of amides is 2. The molecule has 0 radical (unpaired) electrons. The Bertz CT molecular complexity index is 482. The minimum absolute atomic E-state index is 0.190. The molecule has 102 valence electrons. The Morgan fingerprint density at radius 2 is 1.95 bits per heavy atom. The van der Waals surface area contributed by atoms with Crippen LogP contribution in [0, 0.1) is 0 Å². The van der Waals surface area contributed by atoms with Crippen molar-refractivity contribution in [3.8, 4) is 5.75 Å². The fourth-order valence-corrected chi connectivity index (χ4v) is 2.17. The molecule has 0 aliphatic carbocycles. The van der Waals surface area contributed by atoms with Crippen molar-refractivity contribution in [3.05, 3.63) is 23.8 Å². The third kappa shape index (κ3) is 2.76. The molecule has 0 saturated carbocycles. The predicted molar refractivity (Wildman–Crippen MR) is 69.9 cm³/mol. The Balaban J connectivity index is 2.34. The van der Waals surface area contributed by atoms with Crippen LogP contribution in [-0.4, -0.2) is 23.5 Å². The summed E-state index contributed by atoms with van der Waals surface area (Å²) in [6, 6.07) is 4.98. The molecule has 0 atom stereocenters. The van der Waals surface area contributed by atoms with E-state index in [9.17, 15) is 14.7 Å². The van der Waals surface area contributed by atoms with Crippen LogP contribution in [0.5, 0.6) is 5.75 Å². The topological polar surface area (TPSA) is 66.8 Å². The first-order valence-corrected chi connectivity index (χ1v) is 6.39. The largest absolute Gasteiger partial charge is 0.494 e. The first-order chi connectivity index (χ1) is 9.17. The van der Waals surface area contributed by atoms with Crippen molar-refractivity contribution in [3.63, 3.8) is 0 Å². The molecule has 5 nitrogen and oxygen atoms in total. The van der Waals surface area contributed by atoms with Gasteiger partial charge < -0.3 is 9.84 Å². The monoisotopic (exact) mass is 263 g/mol. The van der Waals surface area contributed by atoms with Gasteiger partial charge in [-0.3, -0.25) is 14.5 Å². The van der Waals surface area contributed by atoms with Crippen molar-refractivity contribution in [2.45, 2.75) is 32.8 Å². The van der Waals surface area contributed by atoms with Gasteiger partial charge >= 0.3 is 0 Å². The van der Waals surface area contributed by atoms with Crippen molar-refractivity contribution in [2.24, 2.45) is 0 Å². The lowest BCUT2D eigenvalue weighted by atomic mass is 10.1. The number of hydrogen-bond donors (Lipinski definition) is 1. The van der Waals surface area contributed by atoms with Crippen molar-refractivity contribution in [1.82, 2.24) is 0 Å². The normalized spacial score (nSPS) is 15.8. The average Bonchev–Trinajstić information content (AvgIpc) is 2.40. The summed E-state index contributed by atoms with van der Waals surface area (Å²) < 4.78 is 5.38. The Kier molecular flexibility index (Phi) is 4.16. The minimum atomic E-state index is -0.195. The molecule has 2 rings (SSSR count). The van der Waals surface area contributed by atoms with Gasteiger partial charge in [-0.25, -0.2) is 0 Å². The van der Waals surface area contributed by atoms with Crippen LogP contribution >= 0.6 is 0 Å². The lowest BCUT2D eigenvalue weighted by molar-refractivity contribution is -0.129. The molecule has 1 heterocycles. The van der Waals surface area contributed by atoms with E-state index in [-0.39, 0.29) is 18.4 Å². The van der Waals surface area contributed by atoms with Crippen molar-refractivity contribution in [2.75, 3.05) is 11.5 Å². The van der Waals surface area contributed by atoms with E-state index in [1.807, 2.05) is 6.92 Å². The summed E-state index contributed by atoms with van der Waals surface area (Å²) in [5, 5.41) is 9.33. The van der Waals surface area contributed by atoms with Crippen LogP contribution in [0.3, 0.4) is 0 Å². The van der Waals surface area contributed by atoms with Gasteiger partial charge in [0.25, 0.3) is 0 Å². The molecule has 2 amide bonds. The molecule has 19 heavy (non-hydrogen) atoms. The zero-order valence-electron chi connectivity index (χ0n) is 10.9. The van der Waals surface area contributed by atoms with Crippen LogP contribution in [0.4, 0.5) is 5.69 Å². The molecule has 0 spiro atoms. The van der Waals surface area contributed by atoms with Gasteiger partial charge in [0.15, 0.2) is 0 Å². The number of carbonyl (C=O) groups is 2. The maximum atomic E-state index is 11.8. The second-order valence-corrected chi connectivity index (χ2v) is 4.36. The predicted octanol–water partition coefficient (Wildman–Crippen LogP) is 1.62. The van der Waals surface area contributed by atoms with E-state index in [0.29, 0.717) is 42.9 Å². The molecule has 1 aliphatic heterocycles. The molecule has 1 aliphatic rings. The lowest BCUT2D eigenvalue weighted by Crippen LogP contribution is -2.40. The van der Waals surface area contributed by atoms with Crippen molar-refractivity contribution >= 4 is 17.5 Å². The molecular formula is C14H17NO4. The average molecular weight is 263 g/mol. The van der Waals surface area contributed by atoms with E-state index < -0.39 is 0 Å². The van der Waals surface area contributed by atoms with Crippen LogP contribution in [0.2, 0.25) is 0 Å². The van der Waals surface area contributed by atoms with Gasteiger partial charge in [0.05, 0.1) is 18.9 Å². The molecule has 5 heteroatoms. The second-order valence-electron chi connectivity index (χ2n) is 4.36. The maximum Gasteiger partial charge on any atom is 0.233 e. The van der Waals surface area contributed by atoms with Gasteiger partial charge in [0.1, 0.15) is 5.75 Å². The second kappa shape index (κ2) is 5.84. The smallest absolute Gasteiger partial charge is 0.233 e. The van der Waals surface area contributed by atoms with Crippen LogP contribution < -0.4 is 9.64 Å². The number of nitrogens with zero attached hydrogens (tertiary/aromatic N) is 1. The molecule has 1 fully saturated rings. The zero-order valence-corrected chi connectivity index (χ0v) is 10.9. The van der Waals surface area contributed by atoms with Crippen LogP contribution in [-0.2, 0) is 16.2 Å². The highest BCUT2D eigenvalue weighted by atomic mass is 16.5. The third-order valence-electron chi connectivity index (χ3n) is 3.05. The van der Waals surface area contributed by atoms with E-state index >= 15 is 0 Å². The van der Waals surface area contributed by atoms with E-state index in [1.54, 1.807) is 18.2 Å². The molecular weight excluding hydrogens is 246 g/mol. The van der Waals surface area contributed by atoms with Gasteiger partial charge in [0, 0.05) is 18.4 Å². The van der Waals surface area contributed by atoms with Crippen LogP contribution in [0.15, 0.2) is 18.2 Å². The zero-order chi connectivity index (χ0) is 13.8. The highest BCUT2D eigenvalue weighted by Gasteiger charge is 2.27. The van der Waals surface area contributed by atoms with E-state index in [2.05, 4.69) is 0 Å². The highest BCUT2D eigenvalue weighted by molar-refractivity contribution is 6.16. The quantitative estimate of drug-likeness (QED) is 0.838. The summed E-state index contributed by atoms with van der Waals surface area (Å²) in [7, 11) is 0. The first-order valence-electron chi connectivity index (χ1n) is 6.39. The Morgan fingerprint density at radius 3 is 2.53 bits per heavy atom. The molecule has 0 bridgehead atoms. The number of piperidine rings is 1. The van der Waals surface area contributed by atoms with Gasteiger partial charge in [-0.05, 0) is 31.5 Å². The number of aliphatic hydroxyl groups is 1. The number of hydrogen-bond acceptors (Lipinski definition) is 4. The summed E-state index contributed by atoms with van der Waals surface area (Å²) in [4.78, 5) is 24.8. The van der Waals surface area contributed by atoms with E-state index in [1.165, 1.54) is 4.90 Å². The van der Waals surface area contributed by atoms with Crippen LogP contribution in [0.25, 0.3) is 0 Å². The van der Waals surface area contributed by atoms with E-state index in [4.69, 9.17) is 4.74 Å². The van der Waals surface area contributed by atoms with Crippen molar-refractivity contribution in [1.29, 1.82) is 0 Å². The molecule has 1 aromatic carbocycles. The molecule has 1 saturated heterocycles. The summed E-state index contributed by atoms with van der Waals surface area (Å²) in [6.45, 7) is 2.15. The molecule has 0 unspecified atom stereocenters. The van der Waals surface area contributed by atoms with Gasteiger partial charge in [-0.1, -0.05) is 0 Å². The Morgan fingerprint density at radius 1 is 1.26 bits per heavy atom. The number of benzene rings is 1. The number of rotatable bonds is 4. The van der Waals surface area contributed by atoms with Crippen molar-refractivity contribution < 1.29 is 19.4 Å². The number of aliphatic hydroxyl groups excluding tert-OH is 1. The highest BCUT2D eigenvalue weighted by Crippen LogP contribution is 2.28. The lowest BCUT2D eigenvalue weighted by Gasteiger charge is -2.25. The fourth-order valence-electron chi connectivity index (χ4n) is 2.17. The number of carbonyl (C=O) groups excluding carboxylic acids is 2. The Hall–Kier alpha value is -1.88. The summed E-state index contributed by atoms with van der Waals surface area (Å²) in [6.07, 6.45) is 1.37. The van der Waals surface area contributed by atoms with Gasteiger partial charge in [0.2, 0.25) is 11.8 Å². The number of imide groups is 1. The van der Waals surface area contributed by atoms with Gasteiger partial charge in [-0.15, -0.1) is 0 Å².